The number of carbonyl (C=O) groups is 3. The maximum absolute atomic E-state index is 12.6. The van der Waals surface area contributed by atoms with Crippen molar-refractivity contribution in [2.45, 2.75) is 84.8 Å². The van der Waals surface area contributed by atoms with Crippen LogP contribution in [0.5, 0.6) is 0 Å². The monoisotopic (exact) mass is 676 g/mol. The first-order valence-corrected chi connectivity index (χ1v) is 17.7. The minimum Gasteiger partial charge on any atom is -0.306 e. The van der Waals surface area contributed by atoms with Crippen LogP contribution >= 0.6 is 22.7 Å². The van der Waals surface area contributed by atoms with E-state index in [1.165, 1.54) is 15.3 Å². The molecular formula is C34H44N8O3S2. The van der Waals surface area contributed by atoms with Gasteiger partial charge >= 0.3 is 0 Å². The van der Waals surface area contributed by atoms with E-state index in [0.717, 1.165) is 86.1 Å². The third-order valence-electron chi connectivity index (χ3n) is 7.94. The zero-order valence-corrected chi connectivity index (χ0v) is 29.1. The minimum atomic E-state index is -0.0718. The first-order valence-electron chi connectivity index (χ1n) is 16.1. The number of likely N-dealkylation sites (tertiary alicyclic amines) is 1. The van der Waals surface area contributed by atoms with E-state index in [1.54, 1.807) is 59.6 Å². The average molecular weight is 677 g/mol. The first kappa shape index (κ1) is 35.9. The van der Waals surface area contributed by atoms with Crippen LogP contribution in [0.3, 0.4) is 0 Å². The van der Waals surface area contributed by atoms with Crippen LogP contribution in [0.25, 0.3) is 0 Å². The van der Waals surface area contributed by atoms with Crippen molar-refractivity contribution in [2.75, 3.05) is 23.7 Å². The first-order chi connectivity index (χ1) is 22.8. The highest BCUT2D eigenvalue weighted by Gasteiger charge is 2.31. The average Bonchev–Trinajstić information content (AvgIpc) is 3.91. The second kappa shape index (κ2) is 18.4. The quantitative estimate of drug-likeness (QED) is 0.193. The maximum Gasteiger partial charge on any atom is 0.243 e. The Morgan fingerprint density at radius 1 is 0.872 bits per heavy atom. The second-order valence-electron chi connectivity index (χ2n) is 11.3. The zero-order valence-electron chi connectivity index (χ0n) is 27.5. The zero-order chi connectivity index (χ0) is 33.6. The Balaban J connectivity index is 0.000000180. The molecule has 0 aromatic carbocycles. The van der Waals surface area contributed by atoms with Crippen LogP contribution in [0.1, 0.15) is 76.6 Å². The summed E-state index contributed by atoms with van der Waals surface area (Å²) in [6.45, 7) is 10.9. The van der Waals surface area contributed by atoms with Crippen LogP contribution in [0.4, 0.5) is 10.3 Å². The molecule has 2 aliphatic rings. The summed E-state index contributed by atoms with van der Waals surface area (Å²) in [6.07, 6.45) is 13.3. The standard InChI is InChI=1S/C17H22N4OS.C11H17N3OS.C6H5NO/c1-3-14-12(2)23-17(19-14)20-16(22)15-5-4-10-21(15)11-13-6-8-18-9-7-13;1-3-8-7(2)16-11(13-8)14-10(15)9-5-4-6-12-9;8-5-6-1-3-7-4-2-6/h6-9,15H,3-5,10-11H2,1-2H3,(H,19,20,22);9,12H,3-6H2,1-2H3,(H,13,14,15);1-5H/t15-;9-;/m11./s1. The third-order valence-corrected chi connectivity index (χ3v) is 9.79. The number of pyridine rings is 2. The fourth-order valence-electron chi connectivity index (χ4n) is 5.39. The Bertz CT molecular complexity index is 1570. The maximum atomic E-state index is 12.6. The number of aryl methyl sites for hydroxylation is 4. The summed E-state index contributed by atoms with van der Waals surface area (Å²) in [7, 11) is 0. The lowest BCUT2D eigenvalue weighted by atomic mass is 10.2. The predicted molar refractivity (Wildman–Crippen MR) is 188 cm³/mol. The Kier molecular flexibility index (Phi) is 14.1. The molecule has 6 rings (SSSR count). The van der Waals surface area contributed by atoms with Crippen molar-refractivity contribution < 1.29 is 14.4 Å². The molecule has 0 unspecified atom stereocenters. The lowest BCUT2D eigenvalue weighted by molar-refractivity contribution is -0.120. The van der Waals surface area contributed by atoms with Crippen molar-refractivity contribution in [3.05, 3.63) is 81.3 Å². The van der Waals surface area contributed by atoms with Gasteiger partial charge in [0, 0.05) is 46.6 Å². The van der Waals surface area contributed by atoms with E-state index in [1.807, 2.05) is 19.1 Å². The molecule has 4 aromatic rings. The molecule has 2 aliphatic heterocycles. The molecular weight excluding hydrogens is 633 g/mol. The van der Waals surface area contributed by atoms with Gasteiger partial charge < -0.3 is 16.0 Å². The van der Waals surface area contributed by atoms with Gasteiger partial charge in [-0.3, -0.25) is 29.3 Å². The van der Waals surface area contributed by atoms with Crippen molar-refractivity contribution in [3.8, 4) is 0 Å². The van der Waals surface area contributed by atoms with Crippen molar-refractivity contribution >= 4 is 51.0 Å². The molecule has 2 saturated heterocycles. The number of thiazole rings is 2. The summed E-state index contributed by atoms with van der Waals surface area (Å²) in [6, 6.07) is 7.22. The van der Waals surface area contributed by atoms with Crippen LogP contribution in [0.15, 0.2) is 49.1 Å². The van der Waals surface area contributed by atoms with Crippen LogP contribution < -0.4 is 16.0 Å². The number of hydrogen-bond acceptors (Lipinski definition) is 11. The smallest absolute Gasteiger partial charge is 0.243 e. The van der Waals surface area contributed by atoms with E-state index in [2.05, 4.69) is 61.6 Å². The molecule has 13 heteroatoms. The third kappa shape index (κ3) is 10.8. The predicted octanol–water partition coefficient (Wildman–Crippen LogP) is 5.61. The van der Waals surface area contributed by atoms with Gasteiger partial charge in [-0.15, -0.1) is 22.7 Å². The topological polar surface area (TPSA) is 142 Å². The van der Waals surface area contributed by atoms with Gasteiger partial charge in [-0.05, 0) is 95.3 Å². The largest absolute Gasteiger partial charge is 0.306 e. The highest BCUT2D eigenvalue weighted by molar-refractivity contribution is 7.16. The van der Waals surface area contributed by atoms with E-state index < -0.39 is 0 Å². The Morgan fingerprint density at radius 2 is 1.45 bits per heavy atom. The normalized spacial score (nSPS) is 17.2. The highest BCUT2D eigenvalue weighted by Crippen LogP contribution is 2.26. The van der Waals surface area contributed by atoms with Crippen LogP contribution in [-0.2, 0) is 29.0 Å². The number of amides is 2. The van der Waals surface area contributed by atoms with E-state index in [4.69, 9.17) is 0 Å². The SMILES string of the molecule is CCc1nc(NC(=O)[C@H]2CCCN2)sc1C.CCc1nc(NC(=O)[C@H]2CCCN2Cc2ccncc2)sc1C.O=Cc1ccncc1. The number of nitrogens with one attached hydrogen (secondary N) is 3. The van der Waals surface area contributed by atoms with Crippen LogP contribution in [0.2, 0.25) is 0 Å². The number of aldehydes is 1. The number of carbonyl (C=O) groups excluding carboxylic acids is 3. The van der Waals surface area contributed by atoms with E-state index >= 15 is 0 Å². The van der Waals surface area contributed by atoms with E-state index in [-0.39, 0.29) is 23.9 Å². The second-order valence-corrected chi connectivity index (χ2v) is 13.7. The number of aromatic nitrogens is 4. The molecule has 0 radical (unpaired) electrons. The van der Waals surface area contributed by atoms with Gasteiger partial charge in [0.15, 0.2) is 10.3 Å². The van der Waals surface area contributed by atoms with Crippen molar-refractivity contribution in [2.24, 2.45) is 0 Å². The van der Waals surface area contributed by atoms with Gasteiger partial charge in [-0.2, -0.15) is 0 Å². The highest BCUT2D eigenvalue weighted by atomic mass is 32.1. The van der Waals surface area contributed by atoms with E-state index in [0.29, 0.717) is 5.56 Å². The molecule has 3 N–H and O–H groups in total. The molecule has 0 aliphatic carbocycles. The Morgan fingerprint density at radius 3 is 1.94 bits per heavy atom. The summed E-state index contributed by atoms with van der Waals surface area (Å²) >= 11 is 3.12. The number of anilines is 2. The van der Waals surface area contributed by atoms with Gasteiger partial charge in [-0.25, -0.2) is 9.97 Å². The van der Waals surface area contributed by atoms with E-state index in [9.17, 15) is 14.4 Å². The van der Waals surface area contributed by atoms with Gasteiger partial charge in [0.25, 0.3) is 0 Å². The molecule has 2 amide bonds. The van der Waals surface area contributed by atoms with Gasteiger partial charge in [0.1, 0.15) is 6.29 Å². The Hall–Kier alpha value is -3.91. The summed E-state index contributed by atoms with van der Waals surface area (Å²) in [5, 5.41) is 10.5. The molecule has 6 heterocycles. The Labute approximate surface area is 284 Å². The molecule has 0 saturated carbocycles. The van der Waals surface area contributed by atoms with Crippen LogP contribution in [-0.4, -0.2) is 68.1 Å². The minimum absolute atomic E-state index is 0.0331. The number of rotatable bonds is 9. The van der Waals surface area contributed by atoms with Crippen molar-refractivity contribution in [1.82, 2.24) is 30.2 Å². The van der Waals surface area contributed by atoms with Crippen molar-refractivity contribution in [1.29, 1.82) is 0 Å². The molecule has 2 atom stereocenters. The lowest BCUT2D eigenvalue weighted by Gasteiger charge is -2.23. The summed E-state index contributed by atoms with van der Waals surface area (Å²) in [5.74, 6) is 0.113. The van der Waals surface area contributed by atoms with Gasteiger partial charge in [0.05, 0.1) is 23.5 Å². The molecule has 11 nitrogen and oxygen atoms in total. The number of hydrogen-bond donors (Lipinski definition) is 3. The molecule has 2 fully saturated rings. The fraction of sp³-hybridized carbons (Fsp3) is 0.441. The molecule has 4 aromatic heterocycles. The summed E-state index contributed by atoms with van der Waals surface area (Å²) < 4.78 is 0. The van der Waals surface area contributed by atoms with Gasteiger partial charge in [0.2, 0.25) is 11.8 Å². The molecule has 47 heavy (non-hydrogen) atoms. The van der Waals surface area contributed by atoms with Crippen molar-refractivity contribution in [3.63, 3.8) is 0 Å². The summed E-state index contributed by atoms with van der Waals surface area (Å²) in [4.78, 5) is 55.7. The van der Waals surface area contributed by atoms with Crippen LogP contribution in [0, 0.1) is 13.8 Å². The van der Waals surface area contributed by atoms with Gasteiger partial charge in [-0.1, -0.05) is 13.8 Å². The lowest BCUT2D eigenvalue weighted by Crippen LogP contribution is -2.39. The number of nitrogens with zero attached hydrogens (tertiary/aromatic N) is 5. The summed E-state index contributed by atoms with van der Waals surface area (Å²) in [5.41, 5.74) is 4.02. The molecule has 0 bridgehead atoms. The molecule has 250 valence electrons. The molecule has 0 spiro atoms. The fourth-order valence-corrected chi connectivity index (χ4v) is 7.20.